The van der Waals surface area contributed by atoms with Gasteiger partial charge in [-0.2, -0.15) is 0 Å². The first-order valence-electron chi connectivity index (χ1n) is 6.15. The number of para-hydroxylation sites is 1. The second kappa shape index (κ2) is 6.00. The molecule has 0 radical (unpaired) electrons. The molecule has 7 nitrogen and oxygen atoms in total. The van der Waals surface area contributed by atoms with Crippen LogP contribution in [0.5, 0.6) is 0 Å². The van der Waals surface area contributed by atoms with E-state index in [0.717, 1.165) is 0 Å². The fourth-order valence-electron chi connectivity index (χ4n) is 1.91. The lowest BCUT2D eigenvalue weighted by Gasteiger charge is -2.17. The number of carbonyl (C=O) groups is 1. The van der Waals surface area contributed by atoms with Crippen molar-refractivity contribution in [3.63, 3.8) is 0 Å². The number of pyridine rings is 1. The van der Waals surface area contributed by atoms with Crippen molar-refractivity contribution in [3.05, 3.63) is 74.2 Å². The number of hydrogen-bond donors (Lipinski definition) is 1. The van der Waals surface area contributed by atoms with Crippen molar-refractivity contribution >= 4 is 11.6 Å². The average Bonchev–Trinajstić information content (AvgIpc) is 2.47. The highest BCUT2D eigenvalue weighted by Crippen LogP contribution is 2.19. The van der Waals surface area contributed by atoms with Crippen LogP contribution < -0.4 is 5.56 Å². The van der Waals surface area contributed by atoms with Gasteiger partial charge in [0.15, 0.2) is 0 Å². The smallest absolute Gasteiger partial charge is 0.274 e. The topological polar surface area (TPSA) is 96.3 Å². The van der Waals surface area contributed by atoms with E-state index < -0.39 is 4.92 Å². The highest BCUT2D eigenvalue weighted by Gasteiger charge is 2.17. The molecule has 108 valence electrons. The lowest BCUT2D eigenvalue weighted by atomic mass is 10.1. The third-order valence-corrected chi connectivity index (χ3v) is 2.97. The van der Waals surface area contributed by atoms with Crippen molar-refractivity contribution in [2.24, 2.45) is 0 Å². The molecule has 0 spiro atoms. The predicted molar refractivity (Wildman–Crippen MR) is 76.0 cm³/mol. The van der Waals surface area contributed by atoms with E-state index in [1.54, 1.807) is 25.2 Å². The Morgan fingerprint density at radius 1 is 1.29 bits per heavy atom. The summed E-state index contributed by atoms with van der Waals surface area (Å²) in [5.74, 6) is -0.329. The first-order chi connectivity index (χ1) is 9.99. The largest absolute Gasteiger partial charge is 0.337 e. The van der Waals surface area contributed by atoms with Crippen LogP contribution in [0.1, 0.15) is 15.9 Å². The zero-order valence-electron chi connectivity index (χ0n) is 11.3. The fourth-order valence-corrected chi connectivity index (χ4v) is 1.91. The molecule has 0 fully saturated rings. The molecule has 1 heterocycles. The van der Waals surface area contributed by atoms with E-state index in [1.165, 1.54) is 29.3 Å². The Morgan fingerprint density at radius 2 is 2.00 bits per heavy atom. The molecule has 0 aliphatic rings. The Kier molecular flexibility index (Phi) is 4.13. The molecule has 21 heavy (non-hydrogen) atoms. The summed E-state index contributed by atoms with van der Waals surface area (Å²) in [6.07, 6.45) is 1.32. The molecule has 0 unspecified atom stereocenters. The van der Waals surface area contributed by atoms with E-state index in [9.17, 15) is 19.7 Å². The van der Waals surface area contributed by atoms with Crippen molar-refractivity contribution in [1.82, 2.24) is 9.88 Å². The molecule has 7 heteroatoms. The number of rotatable bonds is 4. The van der Waals surface area contributed by atoms with Crippen LogP contribution in [0.2, 0.25) is 0 Å². The number of nitro benzene ring substituents is 1. The Hall–Kier alpha value is -2.96. The maximum atomic E-state index is 12.2. The minimum atomic E-state index is -0.479. The molecule has 0 saturated heterocycles. The number of nitro groups is 1. The predicted octanol–water partition coefficient (Wildman–Crippen LogP) is 1.56. The molecule has 2 aromatic rings. The van der Waals surface area contributed by atoms with Crippen LogP contribution in [0.4, 0.5) is 5.69 Å². The SMILES string of the molecule is CN(Cc1ccccc1[N+](=O)[O-])C(=O)c1ccc(=O)[nH]c1. The summed E-state index contributed by atoms with van der Waals surface area (Å²) in [5.41, 5.74) is 0.435. The highest BCUT2D eigenvalue weighted by molar-refractivity contribution is 5.93. The van der Waals surface area contributed by atoms with E-state index >= 15 is 0 Å². The standard InChI is InChI=1S/C14H13N3O4/c1-16(14(19)10-6-7-13(18)15-8-10)9-11-4-2-3-5-12(11)17(20)21/h2-8H,9H2,1H3,(H,15,18). The third kappa shape index (κ3) is 3.33. The maximum Gasteiger partial charge on any atom is 0.274 e. The Labute approximate surface area is 120 Å². The number of amides is 1. The summed E-state index contributed by atoms with van der Waals surface area (Å²) in [5, 5.41) is 10.9. The van der Waals surface area contributed by atoms with Gasteiger partial charge in [-0.05, 0) is 6.07 Å². The van der Waals surface area contributed by atoms with Gasteiger partial charge in [-0.15, -0.1) is 0 Å². The minimum absolute atomic E-state index is 0.0291. The molecule has 0 saturated carbocycles. The van der Waals surface area contributed by atoms with Gasteiger partial charge in [0.2, 0.25) is 5.56 Å². The van der Waals surface area contributed by atoms with Crippen molar-refractivity contribution in [2.45, 2.75) is 6.54 Å². The number of H-pyrrole nitrogens is 1. The fraction of sp³-hybridized carbons (Fsp3) is 0.143. The minimum Gasteiger partial charge on any atom is -0.337 e. The first kappa shape index (κ1) is 14.4. The zero-order chi connectivity index (χ0) is 15.4. The number of carbonyl (C=O) groups excluding carboxylic acids is 1. The van der Waals surface area contributed by atoms with Gasteiger partial charge in [0.05, 0.1) is 17.0 Å². The summed E-state index contributed by atoms with van der Waals surface area (Å²) < 4.78 is 0. The highest BCUT2D eigenvalue weighted by atomic mass is 16.6. The van der Waals surface area contributed by atoms with Crippen LogP contribution in [0.25, 0.3) is 0 Å². The van der Waals surface area contributed by atoms with Crippen molar-refractivity contribution in [3.8, 4) is 0 Å². The Bertz CT molecular complexity index is 718. The normalized spacial score (nSPS) is 10.1. The van der Waals surface area contributed by atoms with Gasteiger partial charge in [-0.3, -0.25) is 19.7 Å². The van der Waals surface area contributed by atoms with Gasteiger partial charge < -0.3 is 9.88 Å². The molecule has 1 N–H and O–H groups in total. The van der Waals surface area contributed by atoms with Crippen molar-refractivity contribution in [2.75, 3.05) is 7.05 Å². The van der Waals surface area contributed by atoms with E-state index in [1.807, 2.05) is 0 Å². The first-order valence-corrected chi connectivity index (χ1v) is 6.15. The Morgan fingerprint density at radius 3 is 2.62 bits per heavy atom. The molecule has 0 atom stereocenters. The molecular formula is C14H13N3O4. The van der Waals surface area contributed by atoms with Gasteiger partial charge in [0.25, 0.3) is 11.6 Å². The summed E-state index contributed by atoms with van der Waals surface area (Å²) >= 11 is 0. The van der Waals surface area contributed by atoms with E-state index in [0.29, 0.717) is 11.1 Å². The molecule has 0 aliphatic heterocycles. The number of nitrogens with one attached hydrogen (secondary N) is 1. The third-order valence-electron chi connectivity index (χ3n) is 2.97. The lowest BCUT2D eigenvalue weighted by molar-refractivity contribution is -0.385. The van der Waals surface area contributed by atoms with E-state index in [-0.39, 0.29) is 23.7 Å². The van der Waals surface area contributed by atoms with Gasteiger partial charge in [-0.25, -0.2) is 0 Å². The van der Waals surface area contributed by atoms with Gasteiger partial charge >= 0.3 is 0 Å². The van der Waals surface area contributed by atoms with Gasteiger partial charge in [0.1, 0.15) is 0 Å². The lowest BCUT2D eigenvalue weighted by Crippen LogP contribution is -2.27. The van der Waals surface area contributed by atoms with Crippen LogP contribution in [0.15, 0.2) is 47.4 Å². The quantitative estimate of drug-likeness (QED) is 0.681. The molecule has 1 amide bonds. The summed E-state index contributed by atoms with van der Waals surface area (Å²) in [6, 6.07) is 8.93. The summed E-state index contributed by atoms with van der Waals surface area (Å²) in [7, 11) is 1.55. The summed E-state index contributed by atoms with van der Waals surface area (Å²) in [4.78, 5) is 37.4. The van der Waals surface area contributed by atoms with Crippen LogP contribution in [-0.4, -0.2) is 27.8 Å². The molecule has 0 bridgehead atoms. The average molecular weight is 287 g/mol. The number of aromatic nitrogens is 1. The number of aromatic amines is 1. The van der Waals surface area contributed by atoms with Crippen molar-refractivity contribution in [1.29, 1.82) is 0 Å². The van der Waals surface area contributed by atoms with Crippen LogP contribution >= 0.6 is 0 Å². The second-order valence-electron chi connectivity index (χ2n) is 4.49. The molecule has 1 aromatic carbocycles. The molecule has 0 aliphatic carbocycles. The monoisotopic (exact) mass is 287 g/mol. The number of benzene rings is 1. The van der Waals surface area contributed by atoms with Gasteiger partial charge in [0, 0.05) is 30.9 Å². The van der Waals surface area contributed by atoms with Crippen LogP contribution in [0.3, 0.4) is 0 Å². The molecule has 2 rings (SSSR count). The van der Waals surface area contributed by atoms with Crippen LogP contribution in [0, 0.1) is 10.1 Å². The number of hydrogen-bond acceptors (Lipinski definition) is 4. The van der Waals surface area contributed by atoms with Gasteiger partial charge in [-0.1, -0.05) is 18.2 Å². The zero-order valence-corrected chi connectivity index (χ0v) is 11.3. The number of nitrogens with zero attached hydrogens (tertiary/aromatic N) is 2. The Balaban J connectivity index is 2.20. The maximum absolute atomic E-state index is 12.2. The van der Waals surface area contributed by atoms with E-state index in [4.69, 9.17) is 0 Å². The summed E-state index contributed by atoms with van der Waals surface area (Å²) in [6.45, 7) is 0.106. The van der Waals surface area contributed by atoms with Crippen LogP contribution in [-0.2, 0) is 6.54 Å². The molecular weight excluding hydrogens is 274 g/mol. The van der Waals surface area contributed by atoms with Crippen molar-refractivity contribution < 1.29 is 9.72 Å². The molecule has 1 aromatic heterocycles. The van der Waals surface area contributed by atoms with E-state index in [2.05, 4.69) is 4.98 Å². The second-order valence-corrected chi connectivity index (χ2v) is 4.49.